The van der Waals surface area contributed by atoms with E-state index in [0.717, 1.165) is 5.82 Å². The molecule has 8 heteroatoms. The molecule has 3 N–H and O–H groups in total. The van der Waals surface area contributed by atoms with Crippen molar-refractivity contribution < 1.29 is 4.79 Å². The molecule has 0 spiro atoms. The molecule has 0 unspecified atom stereocenters. The number of fused-ring (bicyclic) bond motifs is 1. The number of rotatable bonds is 1. The molecule has 0 radical (unpaired) electrons. The fourth-order valence-electron chi connectivity index (χ4n) is 1.86. The fraction of sp³-hybridized carbons (Fsp3) is 0.333. The van der Waals surface area contributed by atoms with Crippen LogP contribution < -0.4 is 5.73 Å². The van der Waals surface area contributed by atoms with Gasteiger partial charge in [-0.25, -0.2) is 0 Å². The van der Waals surface area contributed by atoms with E-state index in [1.54, 1.807) is 11.2 Å². The number of hydrogen-bond donors (Lipinski definition) is 2. The molecule has 3 heterocycles. The summed E-state index contributed by atoms with van der Waals surface area (Å²) in [5, 5.41) is 14.1. The summed E-state index contributed by atoms with van der Waals surface area (Å²) in [5.74, 6) is 0.981. The lowest BCUT2D eigenvalue weighted by molar-refractivity contribution is 0.0701. The van der Waals surface area contributed by atoms with Gasteiger partial charge in [-0.2, -0.15) is 5.10 Å². The maximum Gasteiger partial charge on any atom is 0.272 e. The van der Waals surface area contributed by atoms with E-state index in [1.807, 2.05) is 4.57 Å². The van der Waals surface area contributed by atoms with Crippen LogP contribution in [0.4, 0.5) is 5.82 Å². The van der Waals surface area contributed by atoms with Crippen LogP contribution in [0.15, 0.2) is 12.4 Å². The van der Waals surface area contributed by atoms with E-state index in [2.05, 4.69) is 20.4 Å². The number of nitrogens with zero attached hydrogens (tertiary/aromatic N) is 5. The Morgan fingerprint density at radius 3 is 3.12 bits per heavy atom. The second-order valence-corrected chi connectivity index (χ2v) is 3.87. The first-order valence-electron chi connectivity index (χ1n) is 5.21. The Morgan fingerprint density at radius 2 is 2.35 bits per heavy atom. The Hall–Kier alpha value is -2.38. The van der Waals surface area contributed by atoms with Crippen molar-refractivity contribution in [3.63, 3.8) is 0 Å². The molecule has 0 saturated carbocycles. The lowest BCUT2D eigenvalue weighted by Crippen LogP contribution is -2.38. The molecule has 17 heavy (non-hydrogen) atoms. The third-order valence-corrected chi connectivity index (χ3v) is 2.75. The molecule has 88 valence electrons. The number of amides is 1. The number of nitrogens with one attached hydrogen (secondary N) is 1. The molecule has 0 aliphatic carbocycles. The van der Waals surface area contributed by atoms with Gasteiger partial charge in [0.2, 0.25) is 0 Å². The van der Waals surface area contributed by atoms with Gasteiger partial charge in [-0.15, -0.1) is 10.2 Å². The standard InChI is InChI=1S/C9H11N7O/c10-7-3-6(12-13-7)9(17)15-1-2-16-5-11-14-8(16)4-15/h3,5H,1-2,4H2,(H3,10,12,13). The van der Waals surface area contributed by atoms with Crippen LogP contribution >= 0.6 is 0 Å². The second-order valence-electron chi connectivity index (χ2n) is 3.87. The van der Waals surface area contributed by atoms with Crippen LogP contribution in [-0.4, -0.2) is 42.3 Å². The number of carbonyl (C=O) groups excluding carboxylic acids is 1. The molecular weight excluding hydrogens is 222 g/mol. The van der Waals surface area contributed by atoms with Crippen LogP contribution in [0.5, 0.6) is 0 Å². The van der Waals surface area contributed by atoms with Gasteiger partial charge in [-0.05, 0) is 0 Å². The van der Waals surface area contributed by atoms with E-state index in [4.69, 9.17) is 5.73 Å². The summed E-state index contributed by atoms with van der Waals surface area (Å²) in [5.41, 5.74) is 5.86. The van der Waals surface area contributed by atoms with Crippen LogP contribution in [-0.2, 0) is 13.1 Å². The van der Waals surface area contributed by atoms with Crippen molar-refractivity contribution in [3.8, 4) is 0 Å². The zero-order chi connectivity index (χ0) is 11.8. The maximum atomic E-state index is 12.1. The summed E-state index contributed by atoms with van der Waals surface area (Å²) < 4.78 is 1.94. The predicted molar refractivity (Wildman–Crippen MR) is 57.8 cm³/mol. The summed E-state index contributed by atoms with van der Waals surface area (Å²) in [4.78, 5) is 13.8. The van der Waals surface area contributed by atoms with Gasteiger partial charge in [-0.1, -0.05) is 0 Å². The number of nitrogen functional groups attached to an aromatic ring is 1. The number of aromatic nitrogens is 5. The van der Waals surface area contributed by atoms with Crippen molar-refractivity contribution in [2.75, 3.05) is 12.3 Å². The van der Waals surface area contributed by atoms with Crippen molar-refractivity contribution in [1.29, 1.82) is 0 Å². The summed E-state index contributed by atoms with van der Waals surface area (Å²) in [6, 6.07) is 1.53. The van der Waals surface area contributed by atoms with Crippen LogP contribution in [0.25, 0.3) is 0 Å². The monoisotopic (exact) mass is 233 g/mol. The van der Waals surface area contributed by atoms with Gasteiger partial charge in [0.1, 0.15) is 17.8 Å². The Bertz CT molecular complexity index is 557. The molecule has 0 aromatic carbocycles. The lowest BCUT2D eigenvalue weighted by Gasteiger charge is -2.26. The van der Waals surface area contributed by atoms with E-state index < -0.39 is 0 Å². The Labute approximate surface area is 96.4 Å². The Balaban J connectivity index is 1.81. The van der Waals surface area contributed by atoms with Gasteiger partial charge < -0.3 is 15.2 Å². The van der Waals surface area contributed by atoms with E-state index in [9.17, 15) is 4.79 Å². The third-order valence-electron chi connectivity index (χ3n) is 2.75. The summed E-state index contributed by atoms with van der Waals surface area (Å²) in [6.07, 6.45) is 1.67. The minimum Gasteiger partial charge on any atom is -0.382 e. The number of aromatic amines is 1. The first-order chi connectivity index (χ1) is 8.24. The van der Waals surface area contributed by atoms with Crippen LogP contribution in [0.1, 0.15) is 16.3 Å². The molecule has 0 atom stereocenters. The smallest absolute Gasteiger partial charge is 0.272 e. The van der Waals surface area contributed by atoms with Gasteiger partial charge in [0.15, 0.2) is 5.82 Å². The number of carbonyl (C=O) groups is 1. The van der Waals surface area contributed by atoms with Crippen molar-refractivity contribution in [1.82, 2.24) is 29.9 Å². The van der Waals surface area contributed by atoms with Gasteiger partial charge >= 0.3 is 0 Å². The lowest BCUT2D eigenvalue weighted by atomic mass is 10.3. The highest BCUT2D eigenvalue weighted by molar-refractivity contribution is 5.92. The van der Waals surface area contributed by atoms with Gasteiger partial charge in [0.05, 0.1) is 6.54 Å². The molecule has 1 aliphatic rings. The van der Waals surface area contributed by atoms with Crippen molar-refractivity contribution in [2.24, 2.45) is 0 Å². The molecule has 1 amide bonds. The fourth-order valence-corrected chi connectivity index (χ4v) is 1.86. The highest BCUT2D eigenvalue weighted by Gasteiger charge is 2.23. The molecular formula is C9H11N7O. The number of anilines is 1. The largest absolute Gasteiger partial charge is 0.382 e. The minimum absolute atomic E-state index is 0.122. The topological polar surface area (TPSA) is 106 Å². The number of hydrogen-bond acceptors (Lipinski definition) is 5. The SMILES string of the molecule is Nc1cc(C(=O)N2CCn3cnnc3C2)[nH]n1. The maximum absolute atomic E-state index is 12.1. The Kier molecular flexibility index (Phi) is 2.07. The molecule has 8 nitrogen and oxygen atoms in total. The summed E-state index contributed by atoms with van der Waals surface area (Å²) >= 11 is 0. The average Bonchev–Trinajstić information content (AvgIpc) is 2.95. The van der Waals surface area contributed by atoms with E-state index in [-0.39, 0.29) is 5.91 Å². The zero-order valence-electron chi connectivity index (χ0n) is 9.00. The highest BCUT2D eigenvalue weighted by atomic mass is 16.2. The molecule has 2 aromatic heterocycles. The summed E-state index contributed by atoms with van der Waals surface area (Å²) in [7, 11) is 0. The molecule has 0 fully saturated rings. The normalized spacial score (nSPS) is 14.7. The average molecular weight is 233 g/mol. The number of nitrogens with two attached hydrogens (primary N) is 1. The summed E-state index contributed by atoms with van der Waals surface area (Å²) in [6.45, 7) is 1.79. The Morgan fingerprint density at radius 1 is 1.47 bits per heavy atom. The van der Waals surface area contributed by atoms with Gasteiger partial charge in [-0.3, -0.25) is 9.89 Å². The van der Waals surface area contributed by atoms with Crippen molar-refractivity contribution in [3.05, 3.63) is 23.9 Å². The first-order valence-corrected chi connectivity index (χ1v) is 5.21. The second kappa shape index (κ2) is 3.58. The van der Waals surface area contributed by atoms with Crippen LogP contribution in [0.2, 0.25) is 0 Å². The molecule has 0 saturated heterocycles. The van der Waals surface area contributed by atoms with Crippen LogP contribution in [0, 0.1) is 0 Å². The van der Waals surface area contributed by atoms with Crippen molar-refractivity contribution >= 4 is 11.7 Å². The molecule has 2 aromatic rings. The zero-order valence-corrected chi connectivity index (χ0v) is 9.00. The quantitative estimate of drug-likeness (QED) is 0.673. The van der Waals surface area contributed by atoms with E-state index in [1.165, 1.54) is 6.07 Å². The van der Waals surface area contributed by atoms with Crippen LogP contribution in [0.3, 0.4) is 0 Å². The predicted octanol–water partition coefficient (Wildman–Crippen LogP) is -0.761. The molecule has 3 rings (SSSR count). The molecule has 1 aliphatic heterocycles. The van der Waals surface area contributed by atoms with E-state index in [0.29, 0.717) is 31.1 Å². The molecule has 0 bridgehead atoms. The minimum atomic E-state index is -0.122. The van der Waals surface area contributed by atoms with Gasteiger partial charge in [0, 0.05) is 19.2 Å². The van der Waals surface area contributed by atoms with E-state index >= 15 is 0 Å². The first kappa shape index (κ1) is 9.82. The van der Waals surface area contributed by atoms with Gasteiger partial charge in [0.25, 0.3) is 5.91 Å². The van der Waals surface area contributed by atoms with Crippen molar-refractivity contribution in [2.45, 2.75) is 13.1 Å². The third kappa shape index (κ3) is 1.63. The highest BCUT2D eigenvalue weighted by Crippen LogP contribution is 2.12. The number of H-pyrrole nitrogens is 1.